The lowest BCUT2D eigenvalue weighted by molar-refractivity contribution is -0.127. The summed E-state index contributed by atoms with van der Waals surface area (Å²) < 4.78 is 5.21. The molecule has 0 bridgehead atoms. The molecule has 16 heavy (non-hydrogen) atoms. The maximum absolute atomic E-state index is 11.3. The Morgan fingerprint density at radius 1 is 1.31 bits per heavy atom. The Hall–Kier alpha value is -0.610. The molecule has 0 aliphatic heterocycles. The van der Waals surface area contributed by atoms with Crippen molar-refractivity contribution in [2.24, 2.45) is 0 Å². The van der Waals surface area contributed by atoms with Crippen molar-refractivity contribution < 1.29 is 9.53 Å². The van der Waals surface area contributed by atoms with Crippen LogP contribution in [0.4, 0.5) is 0 Å². The predicted molar refractivity (Wildman–Crippen MR) is 66.5 cm³/mol. The second kappa shape index (κ2) is 9.60. The molecule has 0 aromatic carbocycles. The van der Waals surface area contributed by atoms with E-state index in [-0.39, 0.29) is 18.6 Å². The summed E-state index contributed by atoms with van der Waals surface area (Å²) >= 11 is 0. The fourth-order valence-electron chi connectivity index (χ4n) is 1.39. The molecule has 0 radical (unpaired) electrons. The molecule has 0 aromatic rings. The van der Waals surface area contributed by atoms with Crippen molar-refractivity contribution in [3.63, 3.8) is 0 Å². The van der Waals surface area contributed by atoms with E-state index in [0.717, 1.165) is 26.1 Å². The van der Waals surface area contributed by atoms with E-state index in [9.17, 15) is 4.79 Å². The van der Waals surface area contributed by atoms with Gasteiger partial charge in [0, 0.05) is 13.1 Å². The Kier molecular flexibility index (Phi) is 9.24. The molecule has 1 amide bonds. The van der Waals surface area contributed by atoms with Gasteiger partial charge in [-0.05, 0) is 33.4 Å². The molecule has 0 spiro atoms. The van der Waals surface area contributed by atoms with Crippen LogP contribution in [0.15, 0.2) is 0 Å². The van der Waals surface area contributed by atoms with Gasteiger partial charge in [-0.1, -0.05) is 13.8 Å². The van der Waals surface area contributed by atoms with E-state index in [4.69, 9.17) is 4.74 Å². The summed E-state index contributed by atoms with van der Waals surface area (Å²) in [5.74, 6) is -0.0266. The van der Waals surface area contributed by atoms with Crippen LogP contribution in [0.25, 0.3) is 0 Å². The highest BCUT2D eigenvalue weighted by Crippen LogP contribution is 1.89. The van der Waals surface area contributed by atoms with Crippen molar-refractivity contribution in [2.75, 3.05) is 32.8 Å². The number of carbonyl (C=O) groups is 1. The van der Waals surface area contributed by atoms with Gasteiger partial charge in [0.25, 0.3) is 0 Å². The van der Waals surface area contributed by atoms with E-state index in [1.54, 1.807) is 0 Å². The van der Waals surface area contributed by atoms with E-state index >= 15 is 0 Å². The second-order valence-electron chi connectivity index (χ2n) is 4.14. The maximum atomic E-state index is 11.3. The average Bonchev–Trinajstić information content (AvgIpc) is 2.25. The molecule has 0 fully saturated rings. The molecule has 0 unspecified atom stereocenters. The van der Waals surface area contributed by atoms with Crippen molar-refractivity contribution in [1.29, 1.82) is 0 Å². The minimum atomic E-state index is -0.0266. The topological polar surface area (TPSA) is 41.6 Å². The van der Waals surface area contributed by atoms with E-state index in [2.05, 4.69) is 24.1 Å². The minimum absolute atomic E-state index is 0.0266. The number of rotatable bonds is 9. The fourth-order valence-corrected chi connectivity index (χ4v) is 1.39. The van der Waals surface area contributed by atoms with Gasteiger partial charge in [0.15, 0.2) is 0 Å². The van der Waals surface area contributed by atoms with Gasteiger partial charge in [0.05, 0.1) is 6.10 Å². The van der Waals surface area contributed by atoms with Crippen LogP contribution in [0, 0.1) is 0 Å². The summed E-state index contributed by atoms with van der Waals surface area (Å²) in [5, 5.41) is 2.86. The van der Waals surface area contributed by atoms with Crippen LogP contribution in [0.1, 0.15) is 34.1 Å². The van der Waals surface area contributed by atoms with Crippen molar-refractivity contribution >= 4 is 5.91 Å². The molecule has 1 N–H and O–H groups in total. The summed E-state index contributed by atoms with van der Waals surface area (Å²) in [6.07, 6.45) is 1.26. The van der Waals surface area contributed by atoms with Crippen molar-refractivity contribution in [3.05, 3.63) is 0 Å². The lowest BCUT2D eigenvalue weighted by Gasteiger charge is -2.19. The Bertz CT molecular complexity index is 184. The van der Waals surface area contributed by atoms with E-state index < -0.39 is 0 Å². The summed E-state index contributed by atoms with van der Waals surface area (Å²) in [7, 11) is 0. The van der Waals surface area contributed by atoms with Crippen LogP contribution < -0.4 is 5.32 Å². The highest BCUT2D eigenvalue weighted by molar-refractivity contribution is 5.77. The van der Waals surface area contributed by atoms with Gasteiger partial charge >= 0.3 is 0 Å². The van der Waals surface area contributed by atoms with Gasteiger partial charge in [-0.15, -0.1) is 0 Å². The first-order valence-corrected chi connectivity index (χ1v) is 6.20. The van der Waals surface area contributed by atoms with Gasteiger partial charge in [0.2, 0.25) is 5.91 Å². The van der Waals surface area contributed by atoms with Crippen molar-refractivity contribution in [1.82, 2.24) is 10.2 Å². The zero-order valence-electron chi connectivity index (χ0n) is 11.1. The number of hydrogen-bond acceptors (Lipinski definition) is 3. The second-order valence-corrected chi connectivity index (χ2v) is 4.14. The van der Waals surface area contributed by atoms with Crippen LogP contribution in [-0.2, 0) is 9.53 Å². The molecule has 0 saturated heterocycles. The Morgan fingerprint density at radius 3 is 2.50 bits per heavy atom. The van der Waals surface area contributed by atoms with Gasteiger partial charge in [0.1, 0.15) is 6.61 Å². The fraction of sp³-hybridized carbons (Fsp3) is 0.917. The summed E-state index contributed by atoms with van der Waals surface area (Å²) in [6, 6.07) is 0. The number of carbonyl (C=O) groups excluding carboxylic acids is 1. The number of nitrogens with one attached hydrogen (secondary N) is 1. The normalized spacial score (nSPS) is 11.1. The first-order valence-electron chi connectivity index (χ1n) is 6.20. The molecule has 0 heterocycles. The molecular weight excluding hydrogens is 204 g/mol. The molecule has 4 heteroatoms. The van der Waals surface area contributed by atoms with Gasteiger partial charge in [-0.25, -0.2) is 0 Å². The quantitative estimate of drug-likeness (QED) is 0.648. The van der Waals surface area contributed by atoms with Crippen molar-refractivity contribution in [3.8, 4) is 0 Å². The number of ether oxygens (including phenoxy) is 1. The van der Waals surface area contributed by atoms with Crippen LogP contribution >= 0.6 is 0 Å². The minimum Gasteiger partial charge on any atom is -0.369 e. The third kappa shape index (κ3) is 8.68. The zero-order valence-corrected chi connectivity index (χ0v) is 11.1. The molecule has 0 aliphatic rings. The lowest BCUT2D eigenvalue weighted by atomic mass is 10.4. The smallest absolute Gasteiger partial charge is 0.246 e. The standard InChI is InChI=1S/C12H26N2O2/c1-5-8-14(6-2)9-7-13-12(15)10-16-11(3)4/h11H,5-10H2,1-4H3,(H,13,15). The summed E-state index contributed by atoms with van der Waals surface area (Å²) in [5.41, 5.74) is 0. The molecular formula is C12H26N2O2. The maximum Gasteiger partial charge on any atom is 0.246 e. The van der Waals surface area contributed by atoms with Gasteiger partial charge < -0.3 is 15.0 Å². The Balaban J connectivity index is 3.52. The Morgan fingerprint density at radius 2 is 2.00 bits per heavy atom. The van der Waals surface area contributed by atoms with E-state index in [1.807, 2.05) is 13.8 Å². The molecule has 0 rings (SSSR count). The molecule has 96 valence electrons. The van der Waals surface area contributed by atoms with Crippen LogP contribution in [0.5, 0.6) is 0 Å². The molecule has 0 saturated carbocycles. The highest BCUT2D eigenvalue weighted by Gasteiger charge is 2.04. The van der Waals surface area contributed by atoms with Crippen LogP contribution in [0.3, 0.4) is 0 Å². The SMILES string of the molecule is CCCN(CC)CCNC(=O)COC(C)C. The highest BCUT2D eigenvalue weighted by atomic mass is 16.5. The Labute approximate surface area is 99.3 Å². The average molecular weight is 230 g/mol. The number of hydrogen-bond donors (Lipinski definition) is 1. The predicted octanol–water partition coefficient (Wildman–Crippen LogP) is 1.26. The van der Waals surface area contributed by atoms with Gasteiger partial charge in [-0.2, -0.15) is 0 Å². The summed E-state index contributed by atoms with van der Waals surface area (Å²) in [4.78, 5) is 13.6. The third-order valence-corrected chi connectivity index (χ3v) is 2.29. The molecule has 0 aliphatic carbocycles. The first-order chi connectivity index (χ1) is 7.60. The van der Waals surface area contributed by atoms with Crippen molar-refractivity contribution in [2.45, 2.75) is 40.2 Å². The molecule has 0 atom stereocenters. The van der Waals surface area contributed by atoms with Gasteiger partial charge in [-0.3, -0.25) is 4.79 Å². The number of likely N-dealkylation sites (N-methyl/N-ethyl adjacent to an activating group) is 1. The van der Waals surface area contributed by atoms with E-state index in [1.165, 1.54) is 0 Å². The molecule has 4 nitrogen and oxygen atoms in total. The first kappa shape index (κ1) is 15.4. The molecule has 0 aromatic heterocycles. The monoisotopic (exact) mass is 230 g/mol. The summed E-state index contributed by atoms with van der Waals surface area (Å²) in [6.45, 7) is 12.1. The third-order valence-electron chi connectivity index (χ3n) is 2.29. The van der Waals surface area contributed by atoms with E-state index in [0.29, 0.717) is 6.54 Å². The number of nitrogens with zero attached hydrogens (tertiary/aromatic N) is 1. The van der Waals surface area contributed by atoms with Crippen LogP contribution in [0.2, 0.25) is 0 Å². The van der Waals surface area contributed by atoms with Crippen LogP contribution in [-0.4, -0.2) is 49.7 Å². The zero-order chi connectivity index (χ0) is 12.4. The lowest BCUT2D eigenvalue weighted by Crippen LogP contribution is -2.37. The number of amides is 1. The largest absolute Gasteiger partial charge is 0.369 e.